The van der Waals surface area contributed by atoms with E-state index >= 15 is 0 Å². The van der Waals surface area contributed by atoms with Crippen LogP contribution in [-0.4, -0.2) is 17.9 Å². The molecule has 0 amide bonds. The van der Waals surface area contributed by atoms with E-state index < -0.39 is 0 Å². The lowest BCUT2D eigenvalue weighted by atomic mass is 10.1. The van der Waals surface area contributed by atoms with E-state index in [9.17, 15) is 9.59 Å². The van der Waals surface area contributed by atoms with Crippen LogP contribution >= 0.6 is 11.8 Å². The van der Waals surface area contributed by atoms with Crippen molar-refractivity contribution >= 4 is 29.6 Å². The molecule has 5 heteroatoms. The van der Waals surface area contributed by atoms with Crippen molar-refractivity contribution in [1.82, 2.24) is 0 Å². The summed E-state index contributed by atoms with van der Waals surface area (Å²) in [5.74, 6) is 0.862. The highest BCUT2D eigenvalue weighted by Gasteiger charge is 2.25. The Morgan fingerprint density at radius 2 is 1.89 bits per heavy atom. The van der Waals surface area contributed by atoms with E-state index in [2.05, 4.69) is 0 Å². The zero-order chi connectivity index (χ0) is 19.7. The van der Waals surface area contributed by atoms with E-state index in [1.807, 2.05) is 56.3 Å². The van der Waals surface area contributed by atoms with Crippen molar-refractivity contribution < 1.29 is 18.7 Å². The molecule has 0 spiro atoms. The number of furan rings is 1. The second kappa shape index (κ2) is 7.52. The zero-order valence-corrected chi connectivity index (χ0v) is 16.3. The molecule has 2 aromatic carbocycles. The number of ether oxygens (including phenoxy) is 1. The number of hydrogen-bond acceptors (Lipinski definition) is 5. The third kappa shape index (κ3) is 3.66. The molecule has 1 aliphatic rings. The van der Waals surface area contributed by atoms with Crippen LogP contribution in [0, 0.1) is 0 Å². The molecule has 0 unspecified atom stereocenters. The van der Waals surface area contributed by atoms with Gasteiger partial charge in [0.25, 0.3) is 0 Å². The number of rotatable bonds is 4. The molecule has 0 aliphatic carbocycles. The molecule has 0 saturated heterocycles. The SMILES string of the molecule is CC(C)OC(=O)c1cccc(-c2ccc(/C=C3\Sc4ccccc4C3=O)o2)c1. The normalized spacial score (nSPS) is 14.5. The molecular weight excluding hydrogens is 372 g/mol. The van der Waals surface area contributed by atoms with Gasteiger partial charge in [-0.3, -0.25) is 4.79 Å². The molecule has 1 aromatic heterocycles. The minimum atomic E-state index is -0.364. The molecule has 3 aromatic rings. The number of hydrogen-bond donors (Lipinski definition) is 0. The van der Waals surface area contributed by atoms with Crippen LogP contribution in [0.4, 0.5) is 0 Å². The van der Waals surface area contributed by atoms with Gasteiger partial charge in [-0.2, -0.15) is 0 Å². The number of ketones is 1. The van der Waals surface area contributed by atoms with Gasteiger partial charge in [0.2, 0.25) is 5.78 Å². The van der Waals surface area contributed by atoms with Gasteiger partial charge in [-0.25, -0.2) is 4.79 Å². The number of allylic oxidation sites excluding steroid dienone is 1. The van der Waals surface area contributed by atoms with Crippen LogP contribution < -0.4 is 0 Å². The first-order chi connectivity index (χ1) is 13.5. The highest BCUT2D eigenvalue weighted by molar-refractivity contribution is 8.04. The molecule has 0 N–H and O–H groups in total. The Labute approximate surface area is 167 Å². The number of thioether (sulfide) groups is 1. The molecule has 4 nitrogen and oxygen atoms in total. The maximum absolute atomic E-state index is 12.5. The van der Waals surface area contributed by atoms with Gasteiger partial charge in [0.15, 0.2) is 0 Å². The van der Waals surface area contributed by atoms with E-state index in [-0.39, 0.29) is 17.9 Å². The first kappa shape index (κ1) is 18.3. The number of esters is 1. The van der Waals surface area contributed by atoms with Gasteiger partial charge < -0.3 is 9.15 Å². The predicted octanol–water partition coefficient (Wildman–Crippen LogP) is 5.84. The zero-order valence-electron chi connectivity index (χ0n) is 15.5. The first-order valence-electron chi connectivity index (χ1n) is 8.96. The fourth-order valence-electron chi connectivity index (χ4n) is 2.93. The molecule has 28 heavy (non-hydrogen) atoms. The molecule has 4 rings (SSSR count). The lowest BCUT2D eigenvalue weighted by Crippen LogP contribution is -2.11. The van der Waals surface area contributed by atoms with E-state index in [1.165, 1.54) is 11.8 Å². The maximum Gasteiger partial charge on any atom is 0.338 e. The van der Waals surface area contributed by atoms with Crippen LogP contribution in [0.1, 0.15) is 40.3 Å². The summed E-state index contributed by atoms with van der Waals surface area (Å²) >= 11 is 1.45. The fraction of sp³-hybridized carbons (Fsp3) is 0.130. The standard InChI is InChI=1S/C23H18O4S/c1-14(2)26-23(25)16-7-5-6-15(12-16)19-11-10-17(27-19)13-21-22(24)18-8-3-4-9-20(18)28-21/h3-14H,1-2H3/b21-13-. The van der Waals surface area contributed by atoms with Crippen LogP contribution in [0.15, 0.2) is 74.9 Å². The fourth-order valence-corrected chi connectivity index (χ4v) is 3.96. The van der Waals surface area contributed by atoms with Crippen LogP contribution in [0.2, 0.25) is 0 Å². The third-order valence-corrected chi connectivity index (χ3v) is 5.30. The summed E-state index contributed by atoms with van der Waals surface area (Å²) in [7, 11) is 0. The van der Waals surface area contributed by atoms with Gasteiger partial charge in [-0.1, -0.05) is 36.0 Å². The summed E-state index contributed by atoms with van der Waals surface area (Å²) in [6.45, 7) is 3.63. The number of carbonyl (C=O) groups excluding carboxylic acids is 2. The van der Waals surface area contributed by atoms with Crippen molar-refractivity contribution in [3.8, 4) is 11.3 Å². The van der Waals surface area contributed by atoms with Crippen molar-refractivity contribution in [3.05, 3.63) is 82.5 Å². The highest BCUT2D eigenvalue weighted by Crippen LogP contribution is 2.40. The van der Waals surface area contributed by atoms with Gasteiger partial charge in [-0.05, 0) is 56.3 Å². The summed E-state index contributed by atoms with van der Waals surface area (Å²) in [6.07, 6.45) is 1.58. The summed E-state index contributed by atoms with van der Waals surface area (Å²) < 4.78 is 11.1. The van der Waals surface area contributed by atoms with Crippen molar-refractivity contribution in [3.63, 3.8) is 0 Å². The Bertz CT molecular complexity index is 1090. The van der Waals surface area contributed by atoms with E-state index in [1.54, 1.807) is 24.3 Å². The molecule has 140 valence electrons. The van der Waals surface area contributed by atoms with Gasteiger partial charge >= 0.3 is 5.97 Å². The average Bonchev–Trinajstić information content (AvgIpc) is 3.27. The van der Waals surface area contributed by atoms with Crippen LogP contribution in [0.5, 0.6) is 0 Å². The second-order valence-corrected chi connectivity index (χ2v) is 7.76. The van der Waals surface area contributed by atoms with E-state index in [4.69, 9.17) is 9.15 Å². The molecular formula is C23H18O4S. The summed E-state index contributed by atoms with van der Waals surface area (Å²) in [6, 6.07) is 18.3. The van der Waals surface area contributed by atoms with Crippen LogP contribution in [-0.2, 0) is 4.74 Å². The van der Waals surface area contributed by atoms with Gasteiger partial charge in [0, 0.05) is 16.0 Å². The molecule has 0 radical (unpaired) electrons. The minimum Gasteiger partial charge on any atom is -0.459 e. The lowest BCUT2D eigenvalue weighted by molar-refractivity contribution is 0.0378. The third-order valence-electron chi connectivity index (χ3n) is 4.20. The van der Waals surface area contributed by atoms with Gasteiger partial charge in [-0.15, -0.1) is 0 Å². The molecule has 0 fully saturated rings. The molecule has 0 atom stereocenters. The summed E-state index contributed by atoms with van der Waals surface area (Å²) in [5, 5.41) is 0. The van der Waals surface area contributed by atoms with E-state index in [0.717, 1.165) is 16.0 Å². The van der Waals surface area contributed by atoms with Crippen molar-refractivity contribution in [2.45, 2.75) is 24.8 Å². The van der Waals surface area contributed by atoms with Crippen LogP contribution in [0.3, 0.4) is 0 Å². The lowest BCUT2D eigenvalue weighted by Gasteiger charge is -2.08. The average molecular weight is 390 g/mol. The molecule has 0 bridgehead atoms. The Kier molecular flexibility index (Phi) is 4.92. The predicted molar refractivity (Wildman–Crippen MR) is 109 cm³/mol. The second-order valence-electron chi connectivity index (χ2n) is 6.67. The number of Topliss-reactive ketones (excluding diaryl/α,β-unsaturated/α-hetero) is 1. The quantitative estimate of drug-likeness (QED) is 0.414. The highest BCUT2D eigenvalue weighted by atomic mass is 32.2. The smallest absolute Gasteiger partial charge is 0.338 e. The Balaban J connectivity index is 1.58. The molecule has 0 saturated carbocycles. The Morgan fingerprint density at radius 3 is 2.68 bits per heavy atom. The molecule has 1 aliphatic heterocycles. The van der Waals surface area contributed by atoms with Crippen molar-refractivity contribution in [2.24, 2.45) is 0 Å². The Morgan fingerprint density at radius 1 is 1.07 bits per heavy atom. The topological polar surface area (TPSA) is 56.5 Å². The summed E-state index contributed by atoms with van der Waals surface area (Å²) in [5.41, 5.74) is 1.97. The van der Waals surface area contributed by atoms with Crippen LogP contribution in [0.25, 0.3) is 17.4 Å². The minimum absolute atomic E-state index is 0.0111. The monoisotopic (exact) mass is 390 g/mol. The van der Waals surface area contributed by atoms with E-state index in [0.29, 0.717) is 22.0 Å². The van der Waals surface area contributed by atoms with Gasteiger partial charge in [0.05, 0.1) is 16.6 Å². The van der Waals surface area contributed by atoms with Crippen molar-refractivity contribution in [1.29, 1.82) is 0 Å². The maximum atomic E-state index is 12.5. The van der Waals surface area contributed by atoms with Crippen molar-refractivity contribution in [2.75, 3.05) is 0 Å². The molecule has 2 heterocycles. The Hall–Kier alpha value is -3.05. The first-order valence-corrected chi connectivity index (χ1v) is 9.77. The number of carbonyl (C=O) groups is 2. The number of benzene rings is 2. The summed E-state index contributed by atoms with van der Waals surface area (Å²) in [4.78, 5) is 26.2. The number of fused-ring (bicyclic) bond motifs is 1. The van der Waals surface area contributed by atoms with Gasteiger partial charge in [0.1, 0.15) is 11.5 Å². The largest absolute Gasteiger partial charge is 0.459 e.